The van der Waals surface area contributed by atoms with Crippen LogP contribution >= 0.6 is 0 Å². The fraction of sp³-hybridized carbons (Fsp3) is 0.222. The third-order valence-corrected chi connectivity index (χ3v) is 4.26. The first kappa shape index (κ1) is 14.7. The van der Waals surface area contributed by atoms with Crippen LogP contribution in [0.15, 0.2) is 57.7 Å². The number of aromatic nitrogens is 1. The van der Waals surface area contributed by atoms with Crippen molar-refractivity contribution >= 4 is 5.91 Å². The maximum Gasteiger partial charge on any atom is 0.276 e. The van der Waals surface area contributed by atoms with Crippen LogP contribution in [-0.2, 0) is 0 Å². The molecule has 0 spiro atoms. The highest BCUT2D eigenvalue weighted by atomic mass is 19.1. The molecule has 1 saturated heterocycles. The van der Waals surface area contributed by atoms with E-state index < -0.39 is 0 Å². The number of halogens is 1. The van der Waals surface area contributed by atoms with Crippen molar-refractivity contribution in [2.45, 2.75) is 18.9 Å². The second kappa shape index (κ2) is 5.96. The predicted octanol–water partition coefficient (Wildman–Crippen LogP) is 4.05. The van der Waals surface area contributed by atoms with Gasteiger partial charge in [0.2, 0.25) is 5.76 Å². The van der Waals surface area contributed by atoms with Crippen LogP contribution in [0.5, 0.6) is 0 Å². The summed E-state index contributed by atoms with van der Waals surface area (Å²) in [7, 11) is 0. The van der Waals surface area contributed by atoms with Gasteiger partial charge >= 0.3 is 0 Å². The molecule has 24 heavy (non-hydrogen) atoms. The Balaban J connectivity index is 1.58. The van der Waals surface area contributed by atoms with Crippen LogP contribution in [0.25, 0.3) is 11.5 Å². The minimum Gasteiger partial charge on any atom is -0.461 e. The van der Waals surface area contributed by atoms with E-state index in [0.717, 1.165) is 18.4 Å². The topological polar surface area (TPSA) is 59.5 Å². The zero-order valence-corrected chi connectivity index (χ0v) is 12.8. The minimum absolute atomic E-state index is 0.0677. The van der Waals surface area contributed by atoms with E-state index >= 15 is 0 Å². The molecular weight excluding hydrogens is 311 g/mol. The molecule has 1 atom stereocenters. The van der Waals surface area contributed by atoms with Gasteiger partial charge in [0.15, 0.2) is 11.5 Å². The lowest BCUT2D eigenvalue weighted by atomic mass is 10.0. The number of carbonyl (C=O) groups excluding carboxylic acids is 1. The summed E-state index contributed by atoms with van der Waals surface area (Å²) in [6, 6.07) is 11.3. The zero-order valence-electron chi connectivity index (χ0n) is 12.8. The smallest absolute Gasteiger partial charge is 0.276 e. The first-order valence-corrected chi connectivity index (χ1v) is 7.79. The Morgan fingerprint density at radius 2 is 2.04 bits per heavy atom. The SMILES string of the molecule is O=C(c1cc(-c2ccco2)on1)N1CCC[C@@H]1c1ccc(F)cc1. The molecule has 0 bridgehead atoms. The average molecular weight is 326 g/mol. The highest BCUT2D eigenvalue weighted by Gasteiger charge is 2.32. The summed E-state index contributed by atoms with van der Waals surface area (Å²) >= 11 is 0. The molecule has 0 saturated carbocycles. The molecule has 2 aromatic heterocycles. The van der Waals surface area contributed by atoms with Gasteiger partial charge in [0.25, 0.3) is 5.91 Å². The number of carbonyl (C=O) groups is 1. The lowest BCUT2D eigenvalue weighted by Crippen LogP contribution is -2.30. The monoisotopic (exact) mass is 326 g/mol. The molecule has 1 aliphatic heterocycles. The molecule has 1 fully saturated rings. The Kier molecular flexibility index (Phi) is 3.65. The van der Waals surface area contributed by atoms with Gasteiger partial charge in [-0.3, -0.25) is 4.79 Å². The van der Waals surface area contributed by atoms with Gasteiger partial charge < -0.3 is 13.8 Å². The van der Waals surface area contributed by atoms with Gasteiger partial charge in [0, 0.05) is 12.6 Å². The van der Waals surface area contributed by atoms with E-state index in [1.54, 1.807) is 35.2 Å². The molecule has 1 aliphatic rings. The molecule has 122 valence electrons. The van der Waals surface area contributed by atoms with Crippen LogP contribution in [0, 0.1) is 5.82 Å². The predicted molar refractivity (Wildman–Crippen MR) is 83.6 cm³/mol. The first-order chi connectivity index (χ1) is 11.7. The van der Waals surface area contributed by atoms with Crippen molar-refractivity contribution < 1.29 is 18.1 Å². The van der Waals surface area contributed by atoms with Crippen molar-refractivity contribution in [1.29, 1.82) is 0 Å². The quantitative estimate of drug-likeness (QED) is 0.728. The molecule has 3 heterocycles. The van der Waals surface area contributed by atoms with Crippen molar-refractivity contribution in [2.75, 3.05) is 6.54 Å². The molecule has 0 aliphatic carbocycles. The van der Waals surface area contributed by atoms with Crippen molar-refractivity contribution in [2.24, 2.45) is 0 Å². The molecule has 0 radical (unpaired) electrons. The van der Waals surface area contributed by atoms with Crippen LogP contribution in [-0.4, -0.2) is 22.5 Å². The van der Waals surface area contributed by atoms with Crippen molar-refractivity contribution in [3.63, 3.8) is 0 Å². The van der Waals surface area contributed by atoms with E-state index in [1.165, 1.54) is 18.4 Å². The fourth-order valence-electron chi connectivity index (χ4n) is 3.10. The number of furan rings is 1. The maximum atomic E-state index is 13.1. The Bertz CT molecular complexity index is 840. The fourth-order valence-corrected chi connectivity index (χ4v) is 3.10. The van der Waals surface area contributed by atoms with Crippen LogP contribution in [0.2, 0.25) is 0 Å². The molecule has 3 aromatic rings. The van der Waals surface area contributed by atoms with E-state index in [9.17, 15) is 9.18 Å². The van der Waals surface area contributed by atoms with Gasteiger partial charge in [-0.15, -0.1) is 0 Å². The van der Waals surface area contributed by atoms with Gasteiger partial charge in [0.1, 0.15) is 5.82 Å². The van der Waals surface area contributed by atoms with Gasteiger partial charge in [-0.25, -0.2) is 4.39 Å². The Labute approximate surface area is 137 Å². The Hall–Kier alpha value is -2.89. The van der Waals surface area contributed by atoms with Crippen LogP contribution < -0.4 is 0 Å². The highest BCUT2D eigenvalue weighted by molar-refractivity contribution is 5.93. The van der Waals surface area contributed by atoms with E-state index in [-0.39, 0.29) is 23.5 Å². The molecule has 4 rings (SSSR count). The summed E-state index contributed by atoms with van der Waals surface area (Å²) < 4.78 is 23.6. The second-order valence-electron chi connectivity index (χ2n) is 5.76. The second-order valence-corrected chi connectivity index (χ2v) is 5.76. The lowest BCUT2D eigenvalue weighted by molar-refractivity contribution is 0.0725. The summed E-state index contributed by atoms with van der Waals surface area (Å²) in [5.41, 5.74) is 1.17. The standard InChI is InChI=1S/C18H15FN2O3/c19-13-7-5-12(6-8-13)15-3-1-9-21(15)18(22)14-11-17(24-20-14)16-4-2-10-23-16/h2,4-8,10-11,15H,1,3,9H2/t15-/m1/s1. The van der Waals surface area contributed by atoms with Crippen molar-refractivity contribution in [1.82, 2.24) is 10.1 Å². The van der Waals surface area contributed by atoms with Gasteiger partial charge in [-0.1, -0.05) is 17.3 Å². The zero-order chi connectivity index (χ0) is 16.5. The Morgan fingerprint density at radius 3 is 2.79 bits per heavy atom. The Morgan fingerprint density at radius 1 is 1.21 bits per heavy atom. The molecule has 1 aromatic carbocycles. The normalized spacial score (nSPS) is 17.4. The summed E-state index contributed by atoms with van der Waals surface area (Å²) in [6.07, 6.45) is 3.28. The average Bonchev–Trinajstić information content (AvgIpc) is 3.34. The third-order valence-electron chi connectivity index (χ3n) is 4.26. The van der Waals surface area contributed by atoms with E-state index in [1.807, 2.05) is 0 Å². The number of rotatable bonds is 3. The summed E-state index contributed by atoms with van der Waals surface area (Å²) in [5.74, 6) is 0.469. The van der Waals surface area contributed by atoms with Gasteiger partial charge in [0.05, 0.1) is 12.3 Å². The maximum absolute atomic E-state index is 13.1. The van der Waals surface area contributed by atoms with Crippen LogP contribution in [0.1, 0.15) is 34.9 Å². The number of nitrogens with zero attached hydrogens (tertiary/aromatic N) is 2. The molecule has 6 heteroatoms. The molecule has 0 N–H and O–H groups in total. The first-order valence-electron chi connectivity index (χ1n) is 7.79. The highest BCUT2D eigenvalue weighted by Crippen LogP contribution is 2.33. The molecule has 0 unspecified atom stereocenters. The summed E-state index contributed by atoms with van der Waals surface area (Å²) in [5, 5.41) is 3.87. The van der Waals surface area contributed by atoms with Crippen LogP contribution in [0.4, 0.5) is 4.39 Å². The molecular formula is C18H15FN2O3. The number of benzene rings is 1. The molecule has 1 amide bonds. The summed E-state index contributed by atoms with van der Waals surface area (Å²) in [4.78, 5) is 14.5. The number of likely N-dealkylation sites (tertiary alicyclic amines) is 1. The van der Waals surface area contributed by atoms with Crippen molar-refractivity contribution in [3.8, 4) is 11.5 Å². The summed E-state index contributed by atoms with van der Waals surface area (Å²) in [6.45, 7) is 0.643. The number of hydrogen-bond acceptors (Lipinski definition) is 4. The minimum atomic E-state index is -0.283. The van der Waals surface area contributed by atoms with E-state index in [0.29, 0.717) is 18.1 Å². The van der Waals surface area contributed by atoms with Crippen molar-refractivity contribution in [3.05, 3.63) is 65.8 Å². The van der Waals surface area contributed by atoms with E-state index in [2.05, 4.69) is 5.16 Å². The van der Waals surface area contributed by atoms with E-state index in [4.69, 9.17) is 8.94 Å². The van der Waals surface area contributed by atoms with Gasteiger partial charge in [-0.05, 0) is 42.7 Å². The molecule has 5 nitrogen and oxygen atoms in total. The number of amides is 1. The number of hydrogen-bond donors (Lipinski definition) is 0. The van der Waals surface area contributed by atoms with Crippen LogP contribution in [0.3, 0.4) is 0 Å². The van der Waals surface area contributed by atoms with Gasteiger partial charge in [-0.2, -0.15) is 0 Å². The third kappa shape index (κ3) is 2.60. The largest absolute Gasteiger partial charge is 0.461 e. The lowest BCUT2D eigenvalue weighted by Gasteiger charge is -2.24.